The van der Waals surface area contributed by atoms with Crippen molar-refractivity contribution in [2.75, 3.05) is 26.3 Å². The highest BCUT2D eigenvalue weighted by Gasteiger charge is 2.23. The second-order valence-electron chi connectivity index (χ2n) is 5.43. The van der Waals surface area contributed by atoms with E-state index < -0.39 is 0 Å². The van der Waals surface area contributed by atoms with Gasteiger partial charge >= 0.3 is 0 Å². The molecule has 1 aromatic carbocycles. The molecule has 21 heavy (non-hydrogen) atoms. The van der Waals surface area contributed by atoms with Crippen molar-refractivity contribution in [2.24, 2.45) is 0 Å². The Morgan fingerprint density at radius 3 is 2.76 bits per heavy atom. The molecule has 0 saturated carbocycles. The van der Waals surface area contributed by atoms with Gasteiger partial charge in [0.15, 0.2) is 11.5 Å². The number of carbonyl (C=O) groups is 1. The van der Waals surface area contributed by atoms with Gasteiger partial charge in [0.1, 0.15) is 13.2 Å². The molecular formula is C16H22N2O3. The summed E-state index contributed by atoms with van der Waals surface area (Å²) in [7, 11) is 0. The van der Waals surface area contributed by atoms with E-state index in [1.807, 2.05) is 32.0 Å². The Morgan fingerprint density at radius 2 is 2.05 bits per heavy atom. The lowest BCUT2D eigenvalue weighted by molar-refractivity contribution is -0.120. The van der Waals surface area contributed by atoms with Gasteiger partial charge in [0.25, 0.3) is 0 Å². The third kappa shape index (κ3) is 3.98. The molecule has 5 heteroatoms. The average Bonchev–Trinajstić information content (AvgIpc) is 2.50. The molecule has 0 fully saturated rings. The first-order chi connectivity index (χ1) is 10.0. The van der Waals surface area contributed by atoms with Crippen molar-refractivity contribution in [1.29, 1.82) is 0 Å². The molecule has 2 N–H and O–H groups in total. The number of rotatable bonds is 6. The molecule has 1 aromatic rings. The molecule has 2 rings (SSSR count). The van der Waals surface area contributed by atoms with E-state index in [4.69, 9.17) is 9.47 Å². The molecule has 0 aliphatic carbocycles. The van der Waals surface area contributed by atoms with Crippen LogP contribution in [0.4, 0.5) is 0 Å². The average molecular weight is 290 g/mol. The standard InChI is InChI=1S/C16H22N2O3/c1-4-7-17-15(19)11-18-16(2,3)12-5-6-13-14(10-12)21-9-8-20-13/h4-6,10,18H,1,7-9,11H2,2-3H3,(H,17,19). The Kier molecular flexibility index (Phi) is 4.85. The van der Waals surface area contributed by atoms with Crippen LogP contribution < -0.4 is 20.1 Å². The number of hydrogen-bond donors (Lipinski definition) is 2. The Hall–Kier alpha value is -2.01. The van der Waals surface area contributed by atoms with Crippen molar-refractivity contribution in [2.45, 2.75) is 19.4 Å². The second-order valence-corrected chi connectivity index (χ2v) is 5.43. The fourth-order valence-corrected chi connectivity index (χ4v) is 2.08. The molecule has 1 aliphatic heterocycles. The number of hydrogen-bond acceptors (Lipinski definition) is 4. The van der Waals surface area contributed by atoms with Gasteiger partial charge in [0.05, 0.1) is 6.54 Å². The Bertz CT molecular complexity index is 526. The first-order valence-electron chi connectivity index (χ1n) is 7.05. The maximum absolute atomic E-state index is 11.6. The van der Waals surface area contributed by atoms with Crippen LogP contribution in [0.2, 0.25) is 0 Å². The van der Waals surface area contributed by atoms with E-state index in [9.17, 15) is 4.79 Å². The number of nitrogens with one attached hydrogen (secondary N) is 2. The normalized spacial score (nSPS) is 13.6. The highest BCUT2D eigenvalue weighted by atomic mass is 16.6. The number of carbonyl (C=O) groups excluding carboxylic acids is 1. The maximum atomic E-state index is 11.6. The molecule has 1 heterocycles. The van der Waals surface area contributed by atoms with Gasteiger partial charge in [-0.25, -0.2) is 0 Å². The van der Waals surface area contributed by atoms with Gasteiger partial charge in [0, 0.05) is 12.1 Å². The quantitative estimate of drug-likeness (QED) is 0.781. The van der Waals surface area contributed by atoms with E-state index in [2.05, 4.69) is 17.2 Å². The van der Waals surface area contributed by atoms with Crippen LogP contribution in [0.3, 0.4) is 0 Å². The molecule has 0 bridgehead atoms. The summed E-state index contributed by atoms with van der Waals surface area (Å²) in [5.41, 5.74) is 0.699. The van der Waals surface area contributed by atoms with Crippen LogP contribution in [0, 0.1) is 0 Å². The lowest BCUT2D eigenvalue weighted by Gasteiger charge is -2.28. The molecule has 0 atom stereocenters. The van der Waals surface area contributed by atoms with Gasteiger partial charge in [-0.1, -0.05) is 12.1 Å². The van der Waals surface area contributed by atoms with E-state index in [1.165, 1.54) is 0 Å². The topological polar surface area (TPSA) is 59.6 Å². The number of fused-ring (bicyclic) bond motifs is 1. The molecular weight excluding hydrogens is 268 g/mol. The molecule has 1 amide bonds. The van der Waals surface area contributed by atoms with Crippen molar-refractivity contribution < 1.29 is 14.3 Å². The minimum Gasteiger partial charge on any atom is -0.486 e. The van der Waals surface area contributed by atoms with Crippen molar-refractivity contribution in [3.63, 3.8) is 0 Å². The third-order valence-electron chi connectivity index (χ3n) is 3.40. The Morgan fingerprint density at radius 1 is 1.33 bits per heavy atom. The smallest absolute Gasteiger partial charge is 0.234 e. The van der Waals surface area contributed by atoms with Crippen molar-refractivity contribution in [3.8, 4) is 11.5 Å². The zero-order valence-corrected chi connectivity index (χ0v) is 12.6. The molecule has 0 spiro atoms. The van der Waals surface area contributed by atoms with Crippen LogP contribution in [0.1, 0.15) is 19.4 Å². The number of ether oxygens (including phenoxy) is 2. The van der Waals surface area contributed by atoms with Crippen LogP contribution in [-0.4, -0.2) is 32.2 Å². The zero-order valence-electron chi connectivity index (χ0n) is 12.6. The van der Waals surface area contributed by atoms with Crippen LogP contribution >= 0.6 is 0 Å². The maximum Gasteiger partial charge on any atom is 0.234 e. The van der Waals surface area contributed by atoms with E-state index in [0.29, 0.717) is 19.8 Å². The molecule has 0 aromatic heterocycles. The summed E-state index contributed by atoms with van der Waals surface area (Å²) < 4.78 is 11.1. The largest absolute Gasteiger partial charge is 0.486 e. The summed E-state index contributed by atoms with van der Waals surface area (Å²) in [5.74, 6) is 1.47. The van der Waals surface area contributed by atoms with Crippen LogP contribution in [0.15, 0.2) is 30.9 Å². The Labute approximate surface area is 125 Å². The van der Waals surface area contributed by atoms with Gasteiger partial charge in [-0.3, -0.25) is 10.1 Å². The molecule has 0 unspecified atom stereocenters. The number of benzene rings is 1. The summed E-state index contributed by atoms with van der Waals surface area (Å²) in [6.45, 7) is 9.49. The minimum absolute atomic E-state index is 0.0551. The van der Waals surface area contributed by atoms with Crippen LogP contribution in [0.5, 0.6) is 11.5 Å². The predicted molar refractivity (Wildman–Crippen MR) is 81.7 cm³/mol. The molecule has 0 radical (unpaired) electrons. The number of amides is 1. The van der Waals surface area contributed by atoms with Gasteiger partial charge in [-0.2, -0.15) is 0 Å². The summed E-state index contributed by atoms with van der Waals surface area (Å²) in [4.78, 5) is 11.6. The van der Waals surface area contributed by atoms with Gasteiger partial charge in [0.2, 0.25) is 5.91 Å². The molecule has 1 aliphatic rings. The second kappa shape index (κ2) is 6.63. The lowest BCUT2D eigenvalue weighted by atomic mass is 9.93. The first-order valence-corrected chi connectivity index (χ1v) is 7.05. The minimum atomic E-state index is -0.346. The third-order valence-corrected chi connectivity index (χ3v) is 3.40. The zero-order chi connectivity index (χ0) is 15.3. The lowest BCUT2D eigenvalue weighted by Crippen LogP contribution is -2.43. The van der Waals surface area contributed by atoms with E-state index in [1.54, 1.807) is 6.08 Å². The predicted octanol–water partition coefficient (Wildman–Crippen LogP) is 1.58. The van der Waals surface area contributed by atoms with Crippen molar-refractivity contribution in [1.82, 2.24) is 10.6 Å². The van der Waals surface area contributed by atoms with Crippen LogP contribution in [0.25, 0.3) is 0 Å². The molecule has 114 valence electrons. The SMILES string of the molecule is C=CCNC(=O)CNC(C)(C)c1ccc2c(c1)OCCO2. The van der Waals surface area contributed by atoms with E-state index >= 15 is 0 Å². The first kappa shape index (κ1) is 15.4. The highest BCUT2D eigenvalue weighted by molar-refractivity contribution is 5.78. The Balaban J connectivity index is 2.01. The van der Waals surface area contributed by atoms with E-state index in [0.717, 1.165) is 17.1 Å². The van der Waals surface area contributed by atoms with Gasteiger partial charge in [-0.05, 0) is 31.5 Å². The van der Waals surface area contributed by atoms with E-state index in [-0.39, 0.29) is 18.0 Å². The summed E-state index contributed by atoms with van der Waals surface area (Å²) in [5, 5.41) is 5.99. The molecule has 0 saturated heterocycles. The monoisotopic (exact) mass is 290 g/mol. The van der Waals surface area contributed by atoms with Crippen LogP contribution in [-0.2, 0) is 10.3 Å². The summed E-state index contributed by atoms with van der Waals surface area (Å²) in [6.07, 6.45) is 1.66. The fourth-order valence-electron chi connectivity index (χ4n) is 2.08. The van der Waals surface area contributed by atoms with Gasteiger partial charge in [-0.15, -0.1) is 6.58 Å². The van der Waals surface area contributed by atoms with Crippen molar-refractivity contribution >= 4 is 5.91 Å². The van der Waals surface area contributed by atoms with Crippen molar-refractivity contribution in [3.05, 3.63) is 36.4 Å². The summed E-state index contributed by atoms with van der Waals surface area (Å²) in [6, 6.07) is 5.86. The highest BCUT2D eigenvalue weighted by Crippen LogP contribution is 2.34. The van der Waals surface area contributed by atoms with Gasteiger partial charge < -0.3 is 14.8 Å². The summed E-state index contributed by atoms with van der Waals surface area (Å²) >= 11 is 0. The fraction of sp³-hybridized carbons (Fsp3) is 0.438. The molecule has 5 nitrogen and oxygen atoms in total.